The Balaban J connectivity index is 2.50. The van der Waals surface area contributed by atoms with E-state index >= 15 is 0 Å². The molecule has 1 heteroatoms. The molecule has 66 valence electrons. The van der Waals surface area contributed by atoms with Crippen LogP contribution in [0.1, 0.15) is 13.3 Å². The fraction of sp³-hybridized carbons (Fsp3) is 0.250. The maximum Gasteiger partial charge on any atom is 0.166 e. The van der Waals surface area contributed by atoms with Crippen LogP contribution in [0.2, 0.25) is 0 Å². The number of ketones is 1. The van der Waals surface area contributed by atoms with Crippen molar-refractivity contribution in [1.82, 2.24) is 0 Å². The van der Waals surface area contributed by atoms with Crippen molar-refractivity contribution in [3.05, 3.63) is 48.1 Å². The highest BCUT2D eigenvalue weighted by molar-refractivity contribution is 5.99. The van der Waals surface area contributed by atoms with Gasteiger partial charge in [-0.1, -0.05) is 36.5 Å². The van der Waals surface area contributed by atoms with E-state index in [0.717, 1.165) is 12.0 Å². The van der Waals surface area contributed by atoms with Gasteiger partial charge in [0, 0.05) is 0 Å². The smallest absolute Gasteiger partial charge is 0.166 e. The summed E-state index contributed by atoms with van der Waals surface area (Å²) in [6.07, 6.45) is 14.4. The number of hydrogen-bond donors (Lipinski definition) is 0. The molecule has 0 aromatic heterocycles. The van der Waals surface area contributed by atoms with Crippen molar-refractivity contribution in [2.24, 2.45) is 5.41 Å². The van der Waals surface area contributed by atoms with Gasteiger partial charge in [0.1, 0.15) is 0 Å². The second kappa shape index (κ2) is 2.84. The van der Waals surface area contributed by atoms with Crippen molar-refractivity contribution >= 4 is 5.78 Å². The van der Waals surface area contributed by atoms with Crippen LogP contribution in [0.4, 0.5) is 0 Å². The number of allylic oxidation sites excluding steroid dienone is 8. The summed E-state index contributed by atoms with van der Waals surface area (Å²) in [7, 11) is 0. The Labute approximate surface area is 78.1 Å². The number of carbonyl (C=O) groups is 1. The lowest BCUT2D eigenvalue weighted by Crippen LogP contribution is -2.28. The molecule has 0 saturated carbocycles. The topological polar surface area (TPSA) is 17.1 Å². The molecule has 0 aromatic carbocycles. The van der Waals surface area contributed by atoms with Gasteiger partial charge in [0.15, 0.2) is 5.78 Å². The van der Waals surface area contributed by atoms with E-state index in [1.807, 2.05) is 37.3 Å². The summed E-state index contributed by atoms with van der Waals surface area (Å²) >= 11 is 0. The van der Waals surface area contributed by atoms with Gasteiger partial charge in [0.2, 0.25) is 0 Å². The first-order valence-corrected chi connectivity index (χ1v) is 4.50. The zero-order valence-electron chi connectivity index (χ0n) is 7.66. The predicted molar refractivity (Wildman–Crippen MR) is 53.2 cm³/mol. The Morgan fingerprint density at radius 2 is 2.08 bits per heavy atom. The van der Waals surface area contributed by atoms with E-state index < -0.39 is 0 Å². The summed E-state index contributed by atoms with van der Waals surface area (Å²) in [5, 5.41) is 0. The fourth-order valence-electron chi connectivity index (χ4n) is 1.75. The summed E-state index contributed by atoms with van der Waals surface area (Å²) in [5.74, 6) is 0.209. The van der Waals surface area contributed by atoms with Crippen LogP contribution in [0.5, 0.6) is 0 Å². The lowest BCUT2D eigenvalue weighted by Gasteiger charge is -2.28. The summed E-state index contributed by atoms with van der Waals surface area (Å²) in [5.41, 5.74) is 0.795. The molecule has 0 spiro atoms. The quantitative estimate of drug-likeness (QED) is 0.549. The standard InChI is InChI=1S/C12H12O/c1-12-9-4-2-3-6-10(12)7-5-8-11(12)13/h2-8H,9H2,1H3. The Morgan fingerprint density at radius 3 is 2.92 bits per heavy atom. The van der Waals surface area contributed by atoms with Crippen molar-refractivity contribution in [1.29, 1.82) is 0 Å². The van der Waals surface area contributed by atoms with Crippen LogP contribution in [0.15, 0.2) is 48.1 Å². The Bertz CT molecular complexity index is 355. The van der Waals surface area contributed by atoms with Crippen molar-refractivity contribution in [3.63, 3.8) is 0 Å². The number of carbonyl (C=O) groups excluding carboxylic acids is 1. The SMILES string of the molecule is CC12CC=CC=CC1=CC=CC2=O. The van der Waals surface area contributed by atoms with Gasteiger partial charge >= 0.3 is 0 Å². The van der Waals surface area contributed by atoms with Crippen LogP contribution in [0, 0.1) is 5.41 Å². The fourth-order valence-corrected chi connectivity index (χ4v) is 1.75. The van der Waals surface area contributed by atoms with Crippen molar-refractivity contribution in [2.75, 3.05) is 0 Å². The third kappa shape index (κ3) is 1.21. The van der Waals surface area contributed by atoms with Crippen LogP contribution < -0.4 is 0 Å². The highest BCUT2D eigenvalue weighted by atomic mass is 16.1. The van der Waals surface area contributed by atoms with E-state index in [1.165, 1.54) is 0 Å². The van der Waals surface area contributed by atoms with Gasteiger partial charge in [0.25, 0.3) is 0 Å². The second-order valence-electron chi connectivity index (χ2n) is 3.67. The molecule has 2 aliphatic carbocycles. The van der Waals surface area contributed by atoms with E-state index in [-0.39, 0.29) is 11.2 Å². The number of rotatable bonds is 0. The molecular weight excluding hydrogens is 160 g/mol. The monoisotopic (exact) mass is 172 g/mol. The van der Waals surface area contributed by atoms with Gasteiger partial charge < -0.3 is 0 Å². The third-order valence-electron chi connectivity index (χ3n) is 2.75. The molecular formula is C12H12O. The minimum atomic E-state index is -0.321. The van der Waals surface area contributed by atoms with Crippen molar-refractivity contribution in [2.45, 2.75) is 13.3 Å². The maximum absolute atomic E-state index is 11.7. The molecule has 13 heavy (non-hydrogen) atoms. The lowest BCUT2D eigenvalue weighted by molar-refractivity contribution is -0.121. The van der Waals surface area contributed by atoms with Crippen LogP contribution in [0.25, 0.3) is 0 Å². The molecule has 0 saturated heterocycles. The first-order chi connectivity index (χ1) is 6.23. The van der Waals surface area contributed by atoms with Gasteiger partial charge in [-0.3, -0.25) is 4.79 Å². The lowest BCUT2D eigenvalue weighted by atomic mass is 9.73. The number of hydrogen-bond acceptors (Lipinski definition) is 1. The van der Waals surface area contributed by atoms with Crippen LogP contribution in [0.3, 0.4) is 0 Å². The summed E-state index contributed by atoms with van der Waals surface area (Å²) in [6.45, 7) is 2.00. The molecule has 0 fully saturated rings. The average Bonchev–Trinajstić information content (AvgIpc) is 2.29. The van der Waals surface area contributed by atoms with E-state index in [4.69, 9.17) is 0 Å². The highest BCUT2D eigenvalue weighted by Gasteiger charge is 2.34. The summed E-state index contributed by atoms with van der Waals surface area (Å²) < 4.78 is 0. The second-order valence-corrected chi connectivity index (χ2v) is 3.67. The predicted octanol–water partition coefficient (Wildman–Crippen LogP) is 2.57. The van der Waals surface area contributed by atoms with Gasteiger partial charge in [-0.2, -0.15) is 0 Å². The molecule has 0 amide bonds. The summed E-state index contributed by atoms with van der Waals surface area (Å²) in [4.78, 5) is 11.7. The molecule has 2 aliphatic rings. The first-order valence-electron chi connectivity index (χ1n) is 4.50. The van der Waals surface area contributed by atoms with Gasteiger partial charge in [0.05, 0.1) is 5.41 Å². The molecule has 1 atom stereocenters. The molecule has 0 N–H and O–H groups in total. The molecule has 0 bridgehead atoms. The Kier molecular flexibility index (Phi) is 1.80. The van der Waals surface area contributed by atoms with E-state index in [1.54, 1.807) is 6.08 Å². The largest absolute Gasteiger partial charge is 0.294 e. The molecule has 0 aromatic rings. The van der Waals surface area contributed by atoms with Crippen LogP contribution >= 0.6 is 0 Å². The molecule has 1 unspecified atom stereocenters. The van der Waals surface area contributed by atoms with E-state index in [0.29, 0.717) is 0 Å². The minimum Gasteiger partial charge on any atom is -0.294 e. The Hall–Kier alpha value is -1.37. The minimum absolute atomic E-state index is 0.209. The van der Waals surface area contributed by atoms with Crippen molar-refractivity contribution in [3.8, 4) is 0 Å². The maximum atomic E-state index is 11.7. The van der Waals surface area contributed by atoms with Crippen molar-refractivity contribution < 1.29 is 4.79 Å². The summed E-state index contributed by atoms with van der Waals surface area (Å²) in [6, 6.07) is 0. The molecule has 1 nitrogen and oxygen atoms in total. The zero-order valence-corrected chi connectivity index (χ0v) is 7.66. The first kappa shape index (κ1) is 8.24. The molecule has 2 rings (SSSR count). The van der Waals surface area contributed by atoms with Crippen LogP contribution in [-0.4, -0.2) is 5.78 Å². The average molecular weight is 172 g/mol. The molecule has 0 heterocycles. The van der Waals surface area contributed by atoms with E-state index in [9.17, 15) is 4.79 Å². The van der Waals surface area contributed by atoms with Gasteiger partial charge in [-0.25, -0.2) is 0 Å². The third-order valence-corrected chi connectivity index (χ3v) is 2.75. The van der Waals surface area contributed by atoms with Gasteiger partial charge in [-0.15, -0.1) is 0 Å². The highest BCUT2D eigenvalue weighted by Crippen LogP contribution is 2.37. The molecule has 0 radical (unpaired) electrons. The molecule has 0 aliphatic heterocycles. The van der Waals surface area contributed by atoms with Crippen LogP contribution in [-0.2, 0) is 4.79 Å². The Morgan fingerprint density at radius 1 is 1.23 bits per heavy atom. The van der Waals surface area contributed by atoms with Gasteiger partial charge in [-0.05, 0) is 25.0 Å². The number of fused-ring (bicyclic) bond motifs is 1. The zero-order chi connectivity index (χ0) is 9.31. The van der Waals surface area contributed by atoms with E-state index in [2.05, 4.69) is 6.08 Å². The normalized spacial score (nSPS) is 31.2.